The van der Waals surface area contributed by atoms with Crippen LogP contribution in [0.2, 0.25) is 0 Å². The Kier molecular flexibility index (Phi) is 3.12. The fraction of sp³-hybridized carbons (Fsp3) is 0.600. The Morgan fingerprint density at radius 3 is 2.88 bits per heavy atom. The second kappa shape index (κ2) is 5.07. The molecule has 1 N–H and O–H groups in total. The lowest BCUT2D eigenvalue weighted by Crippen LogP contribution is -2.45. The SMILES string of the molecule is O=C([C@@H]1C[C@@]12CCc1ccccc12)N1C[C@H]2COCC[C@@]2(C(=O)O)C1. The molecule has 1 aromatic carbocycles. The van der Waals surface area contributed by atoms with Gasteiger partial charge in [-0.15, -0.1) is 0 Å². The second-order valence-corrected chi connectivity index (χ2v) is 8.27. The molecule has 1 spiro atoms. The van der Waals surface area contributed by atoms with Gasteiger partial charge in [0.25, 0.3) is 0 Å². The van der Waals surface area contributed by atoms with Gasteiger partial charge in [-0.25, -0.2) is 0 Å². The van der Waals surface area contributed by atoms with Crippen LogP contribution >= 0.6 is 0 Å². The number of likely N-dealkylation sites (tertiary alicyclic amines) is 1. The third-order valence-electron chi connectivity index (χ3n) is 7.21. The van der Waals surface area contributed by atoms with Crippen LogP contribution in [0.1, 0.15) is 30.4 Å². The molecule has 5 nitrogen and oxygen atoms in total. The molecular weight excluding hydrogens is 318 g/mol. The number of carbonyl (C=O) groups excluding carboxylic acids is 1. The number of hydrogen-bond donors (Lipinski definition) is 1. The van der Waals surface area contributed by atoms with Gasteiger partial charge in [0, 0.05) is 36.9 Å². The zero-order valence-corrected chi connectivity index (χ0v) is 14.2. The van der Waals surface area contributed by atoms with Crippen molar-refractivity contribution in [3.8, 4) is 0 Å². The molecule has 132 valence electrons. The zero-order valence-electron chi connectivity index (χ0n) is 14.2. The normalized spacial score (nSPS) is 38.5. The number of aliphatic carboxylic acids is 1. The molecule has 2 aliphatic carbocycles. The van der Waals surface area contributed by atoms with Crippen molar-refractivity contribution < 1.29 is 19.4 Å². The number of carbonyl (C=O) groups is 2. The van der Waals surface area contributed by atoms with Gasteiger partial charge in [-0.2, -0.15) is 0 Å². The van der Waals surface area contributed by atoms with Gasteiger partial charge >= 0.3 is 5.97 Å². The number of carboxylic acids is 1. The van der Waals surface area contributed by atoms with Crippen molar-refractivity contribution in [2.75, 3.05) is 26.3 Å². The molecule has 0 bridgehead atoms. The smallest absolute Gasteiger partial charge is 0.311 e. The predicted molar refractivity (Wildman–Crippen MR) is 90.1 cm³/mol. The summed E-state index contributed by atoms with van der Waals surface area (Å²) in [6.07, 6.45) is 3.53. The van der Waals surface area contributed by atoms with E-state index in [4.69, 9.17) is 4.74 Å². The number of rotatable bonds is 2. The molecule has 1 amide bonds. The van der Waals surface area contributed by atoms with Crippen LogP contribution in [0.15, 0.2) is 24.3 Å². The van der Waals surface area contributed by atoms with Crippen molar-refractivity contribution in [1.82, 2.24) is 4.90 Å². The molecule has 0 aromatic heterocycles. The average Bonchev–Trinajstić information content (AvgIpc) is 3.03. The standard InChI is InChI=1S/C20H23NO4/c22-17(16-9-19(16)6-5-13-3-1-2-4-15(13)19)21-10-14-11-25-8-7-20(14,12-21)18(23)24/h1-4,14,16H,5-12H2,(H,23,24)/t14-,16-,19+,20+/m0/s1. The maximum atomic E-state index is 13.2. The van der Waals surface area contributed by atoms with Crippen LogP contribution in [-0.4, -0.2) is 48.2 Å². The van der Waals surface area contributed by atoms with Crippen molar-refractivity contribution >= 4 is 11.9 Å². The van der Waals surface area contributed by atoms with E-state index in [2.05, 4.69) is 24.3 Å². The van der Waals surface area contributed by atoms with Crippen LogP contribution in [0.25, 0.3) is 0 Å². The third kappa shape index (κ3) is 1.99. The number of hydrogen-bond acceptors (Lipinski definition) is 3. The molecule has 25 heavy (non-hydrogen) atoms. The van der Waals surface area contributed by atoms with Crippen molar-refractivity contribution in [2.45, 2.75) is 31.1 Å². The van der Waals surface area contributed by atoms with E-state index in [-0.39, 0.29) is 23.2 Å². The van der Waals surface area contributed by atoms with Crippen molar-refractivity contribution in [3.05, 3.63) is 35.4 Å². The van der Waals surface area contributed by atoms with Crippen molar-refractivity contribution in [2.24, 2.45) is 17.3 Å². The van der Waals surface area contributed by atoms with Crippen LogP contribution in [-0.2, 0) is 26.2 Å². The molecule has 4 aliphatic rings. The van der Waals surface area contributed by atoms with E-state index in [1.54, 1.807) is 0 Å². The average molecular weight is 341 g/mol. The highest BCUT2D eigenvalue weighted by molar-refractivity contribution is 5.87. The summed E-state index contributed by atoms with van der Waals surface area (Å²) in [5.41, 5.74) is 1.95. The molecule has 2 aliphatic heterocycles. The van der Waals surface area contributed by atoms with Crippen LogP contribution in [0.4, 0.5) is 0 Å². The van der Waals surface area contributed by atoms with E-state index in [9.17, 15) is 14.7 Å². The molecule has 5 heteroatoms. The minimum absolute atomic E-state index is 0.0221. The predicted octanol–water partition coefficient (Wildman–Crippen LogP) is 1.84. The highest BCUT2D eigenvalue weighted by Gasteiger charge is 2.64. The Hall–Kier alpha value is -1.88. The van der Waals surface area contributed by atoms with E-state index in [0.717, 1.165) is 19.3 Å². The minimum Gasteiger partial charge on any atom is -0.481 e. The quantitative estimate of drug-likeness (QED) is 0.891. The first-order valence-corrected chi connectivity index (χ1v) is 9.25. The fourth-order valence-corrected chi connectivity index (χ4v) is 5.61. The lowest BCUT2D eigenvalue weighted by atomic mass is 9.74. The van der Waals surface area contributed by atoms with Crippen LogP contribution in [0.5, 0.6) is 0 Å². The Balaban J connectivity index is 1.38. The molecule has 1 aromatic rings. The number of aryl methyl sites for hydroxylation is 1. The van der Waals surface area contributed by atoms with Crippen molar-refractivity contribution in [1.29, 1.82) is 0 Å². The van der Waals surface area contributed by atoms with Gasteiger partial charge in [0.1, 0.15) is 0 Å². The van der Waals surface area contributed by atoms with E-state index in [1.165, 1.54) is 11.1 Å². The Labute approximate surface area is 147 Å². The lowest BCUT2D eigenvalue weighted by Gasteiger charge is -2.33. The van der Waals surface area contributed by atoms with Gasteiger partial charge in [-0.05, 0) is 36.8 Å². The lowest BCUT2D eigenvalue weighted by molar-refractivity contribution is -0.157. The van der Waals surface area contributed by atoms with E-state index < -0.39 is 11.4 Å². The molecule has 4 atom stereocenters. The van der Waals surface area contributed by atoms with Gasteiger partial charge < -0.3 is 14.7 Å². The summed E-state index contributed by atoms with van der Waals surface area (Å²) >= 11 is 0. The first-order chi connectivity index (χ1) is 12.1. The molecule has 2 heterocycles. The van der Waals surface area contributed by atoms with Crippen LogP contribution in [0, 0.1) is 17.3 Å². The number of amides is 1. The topological polar surface area (TPSA) is 66.8 Å². The molecule has 2 saturated heterocycles. The van der Waals surface area contributed by atoms with Crippen LogP contribution in [0.3, 0.4) is 0 Å². The highest BCUT2D eigenvalue weighted by atomic mass is 16.5. The molecule has 1 saturated carbocycles. The summed E-state index contributed by atoms with van der Waals surface area (Å²) in [5.74, 6) is -0.657. The largest absolute Gasteiger partial charge is 0.481 e. The maximum absolute atomic E-state index is 13.2. The Morgan fingerprint density at radius 2 is 2.08 bits per heavy atom. The number of fused-ring (bicyclic) bond motifs is 3. The van der Waals surface area contributed by atoms with Gasteiger partial charge in [-0.3, -0.25) is 9.59 Å². The summed E-state index contributed by atoms with van der Waals surface area (Å²) < 4.78 is 5.50. The zero-order chi connectivity index (χ0) is 17.2. The number of carboxylic acid groups (broad SMARTS) is 1. The first kappa shape index (κ1) is 15.4. The summed E-state index contributed by atoms with van der Waals surface area (Å²) in [4.78, 5) is 26.9. The molecule has 3 fully saturated rings. The van der Waals surface area contributed by atoms with Gasteiger partial charge in [-0.1, -0.05) is 24.3 Å². The van der Waals surface area contributed by atoms with E-state index in [0.29, 0.717) is 32.7 Å². The van der Waals surface area contributed by atoms with E-state index in [1.807, 2.05) is 4.90 Å². The fourth-order valence-electron chi connectivity index (χ4n) is 5.61. The summed E-state index contributed by atoms with van der Waals surface area (Å²) in [6, 6.07) is 8.48. The second-order valence-electron chi connectivity index (χ2n) is 8.27. The van der Waals surface area contributed by atoms with Crippen molar-refractivity contribution in [3.63, 3.8) is 0 Å². The monoisotopic (exact) mass is 341 g/mol. The maximum Gasteiger partial charge on any atom is 0.311 e. The molecule has 0 radical (unpaired) electrons. The Morgan fingerprint density at radius 1 is 1.24 bits per heavy atom. The summed E-state index contributed by atoms with van der Waals surface area (Å²) in [7, 11) is 0. The summed E-state index contributed by atoms with van der Waals surface area (Å²) in [6.45, 7) is 1.81. The summed E-state index contributed by atoms with van der Waals surface area (Å²) in [5, 5.41) is 9.79. The first-order valence-electron chi connectivity index (χ1n) is 9.25. The molecule has 0 unspecified atom stereocenters. The van der Waals surface area contributed by atoms with Gasteiger partial charge in [0.15, 0.2) is 0 Å². The molecule has 5 rings (SSSR count). The van der Waals surface area contributed by atoms with E-state index >= 15 is 0 Å². The highest BCUT2D eigenvalue weighted by Crippen LogP contribution is 2.62. The van der Waals surface area contributed by atoms with Gasteiger partial charge in [0.2, 0.25) is 5.91 Å². The molecular formula is C20H23NO4. The van der Waals surface area contributed by atoms with Gasteiger partial charge in [0.05, 0.1) is 12.0 Å². The number of benzene rings is 1. The Bertz CT molecular complexity index is 762. The number of ether oxygens (including phenoxy) is 1. The minimum atomic E-state index is -0.802. The van der Waals surface area contributed by atoms with Crippen LogP contribution < -0.4 is 0 Å². The number of nitrogens with zero attached hydrogens (tertiary/aromatic N) is 1. The third-order valence-corrected chi connectivity index (χ3v) is 7.21.